The maximum atomic E-state index is 13.1. The number of hydrogen-bond acceptors (Lipinski definition) is 7. The number of hydrogen-bond donors (Lipinski definition) is 2. The lowest BCUT2D eigenvalue weighted by Crippen LogP contribution is -2.53. The fraction of sp³-hybridized carbons (Fsp3) is 0.292. The lowest BCUT2D eigenvalue weighted by molar-refractivity contribution is -0.121. The zero-order valence-corrected chi connectivity index (χ0v) is 19.9. The van der Waals surface area contributed by atoms with Crippen molar-refractivity contribution in [3.05, 3.63) is 59.9 Å². The van der Waals surface area contributed by atoms with Crippen LogP contribution in [-0.2, 0) is 22.4 Å². The van der Waals surface area contributed by atoms with Crippen LogP contribution in [0.5, 0.6) is 5.75 Å². The number of nitrogens with zero attached hydrogens (tertiary/aromatic N) is 4. The van der Waals surface area contributed by atoms with E-state index in [1.165, 1.54) is 17.3 Å². The number of rotatable bonds is 7. The summed E-state index contributed by atoms with van der Waals surface area (Å²) >= 11 is 1.30. The number of aromatic nitrogens is 3. The molecule has 2 aliphatic rings. The Bertz CT molecular complexity index is 1280. The quantitative estimate of drug-likeness (QED) is 0.485. The van der Waals surface area contributed by atoms with E-state index in [1.807, 2.05) is 58.0 Å². The van der Waals surface area contributed by atoms with E-state index in [0.717, 1.165) is 17.8 Å². The van der Waals surface area contributed by atoms with Gasteiger partial charge >= 0.3 is 6.03 Å². The average Bonchev–Trinajstić information content (AvgIpc) is 3.46. The van der Waals surface area contributed by atoms with E-state index in [2.05, 4.69) is 20.8 Å². The van der Waals surface area contributed by atoms with E-state index in [0.29, 0.717) is 29.7 Å². The zero-order chi connectivity index (χ0) is 24.4. The summed E-state index contributed by atoms with van der Waals surface area (Å²) in [6, 6.07) is 14.4. The number of carbonyl (C=O) groups excluding carboxylic acids is 3. The standard InChI is InChI=1S/C24H24N6O4S/c1-34-18-7-4-6-17(13-18)30-20(11-16-12-21(31)26-23(33)25-16)27-28-24(30)35-14-22(32)29-10-9-15-5-2-3-8-19(15)29/h2-8,13,16H,9-12,14H2,1H3,(H2,25,26,31,33). The molecule has 2 aromatic carbocycles. The molecule has 0 spiro atoms. The minimum atomic E-state index is -0.523. The Kier molecular flexibility index (Phi) is 6.41. The minimum absolute atomic E-state index is 0.00194. The summed E-state index contributed by atoms with van der Waals surface area (Å²) in [7, 11) is 1.59. The number of urea groups is 1. The van der Waals surface area contributed by atoms with Gasteiger partial charge in [0.05, 0.1) is 18.6 Å². The van der Waals surface area contributed by atoms with E-state index in [9.17, 15) is 14.4 Å². The number of thioether (sulfide) groups is 1. The number of amides is 4. The zero-order valence-electron chi connectivity index (χ0n) is 19.1. The highest BCUT2D eigenvalue weighted by molar-refractivity contribution is 7.99. The van der Waals surface area contributed by atoms with Gasteiger partial charge in [-0.2, -0.15) is 0 Å². The van der Waals surface area contributed by atoms with E-state index in [1.54, 1.807) is 7.11 Å². The number of carbonyl (C=O) groups is 3. The highest BCUT2D eigenvalue weighted by atomic mass is 32.2. The van der Waals surface area contributed by atoms with Crippen molar-refractivity contribution < 1.29 is 19.1 Å². The number of imide groups is 1. The molecule has 4 amide bonds. The molecule has 1 aromatic heterocycles. The first kappa shape index (κ1) is 22.9. The molecule has 2 aliphatic heterocycles. The normalized spacial score (nSPS) is 17.1. The van der Waals surface area contributed by atoms with Crippen molar-refractivity contribution in [2.24, 2.45) is 0 Å². The van der Waals surface area contributed by atoms with Crippen molar-refractivity contribution in [2.75, 3.05) is 24.3 Å². The van der Waals surface area contributed by atoms with Crippen LogP contribution in [0.3, 0.4) is 0 Å². The Hall–Kier alpha value is -3.86. The summed E-state index contributed by atoms with van der Waals surface area (Å²) in [6.07, 6.45) is 1.29. The molecule has 0 bridgehead atoms. The number of nitrogens with one attached hydrogen (secondary N) is 2. The molecule has 1 atom stereocenters. The van der Waals surface area contributed by atoms with E-state index < -0.39 is 12.1 Å². The second-order valence-corrected chi connectivity index (χ2v) is 9.22. The van der Waals surface area contributed by atoms with Crippen molar-refractivity contribution in [3.8, 4) is 11.4 Å². The Morgan fingerprint density at radius 1 is 1.17 bits per heavy atom. The Morgan fingerprint density at radius 3 is 2.86 bits per heavy atom. The van der Waals surface area contributed by atoms with Gasteiger partial charge in [0, 0.05) is 37.2 Å². The number of ether oxygens (including phenoxy) is 1. The van der Waals surface area contributed by atoms with Gasteiger partial charge in [0.15, 0.2) is 5.16 Å². The molecule has 0 aliphatic carbocycles. The first-order chi connectivity index (χ1) is 17.0. The van der Waals surface area contributed by atoms with E-state index in [-0.39, 0.29) is 24.0 Å². The monoisotopic (exact) mass is 492 g/mol. The summed E-state index contributed by atoms with van der Waals surface area (Å²) in [5.74, 6) is 1.09. The fourth-order valence-corrected chi connectivity index (χ4v) is 5.20. The molecule has 1 saturated heterocycles. The van der Waals surface area contributed by atoms with Gasteiger partial charge in [0.2, 0.25) is 11.8 Å². The van der Waals surface area contributed by atoms with Gasteiger partial charge in [-0.1, -0.05) is 36.0 Å². The summed E-state index contributed by atoms with van der Waals surface area (Å²) in [5, 5.41) is 14.2. The van der Waals surface area contributed by atoms with Gasteiger partial charge in [-0.05, 0) is 30.2 Å². The molecule has 1 fully saturated rings. The van der Waals surface area contributed by atoms with E-state index in [4.69, 9.17) is 4.74 Å². The van der Waals surface area contributed by atoms with Gasteiger partial charge in [0.1, 0.15) is 11.6 Å². The lowest BCUT2D eigenvalue weighted by atomic mass is 10.1. The number of methoxy groups -OCH3 is 1. The molecule has 35 heavy (non-hydrogen) atoms. The summed E-state index contributed by atoms with van der Waals surface area (Å²) < 4.78 is 7.22. The molecule has 180 valence electrons. The Labute approximate surface area is 206 Å². The average molecular weight is 493 g/mol. The molecule has 10 nitrogen and oxygen atoms in total. The first-order valence-electron chi connectivity index (χ1n) is 11.2. The number of fused-ring (bicyclic) bond motifs is 1. The lowest BCUT2D eigenvalue weighted by Gasteiger charge is -2.23. The third-order valence-corrected chi connectivity index (χ3v) is 6.89. The molecule has 3 heterocycles. The Balaban J connectivity index is 1.39. The second kappa shape index (κ2) is 9.79. The smallest absolute Gasteiger partial charge is 0.321 e. The SMILES string of the molecule is COc1cccc(-n2c(CC3CC(=O)NC(=O)N3)nnc2SCC(=O)N2CCc3ccccc32)c1. The summed E-state index contributed by atoms with van der Waals surface area (Å²) in [6.45, 7) is 0.663. The third kappa shape index (κ3) is 4.85. The van der Waals surface area contributed by atoms with Crippen molar-refractivity contribution in [1.82, 2.24) is 25.4 Å². The number of benzene rings is 2. The first-order valence-corrected chi connectivity index (χ1v) is 12.2. The van der Waals surface area contributed by atoms with Crippen LogP contribution in [0.2, 0.25) is 0 Å². The molecule has 3 aromatic rings. The third-order valence-electron chi connectivity index (χ3n) is 5.97. The molecule has 1 unspecified atom stereocenters. The van der Waals surface area contributed by atoms with Crippen LogP contribution >= 0.6 is 11.8 Å². The summed E-state index contributed by atoms with van der Waals surface area (Å²) in [5.41, 5.74) is 2.89. The van der Waals surface area contributed by atoms with Gasteiger partial charge < -0.3 is 15.0 Å². The van der Waals surface area contributed by atoms with Crippen molar-refractivity contribution in [3.63, 3.8) is 0 Å². The number of para-hydroxylation sites is 1. The van der Waals surface area contributed by atoms with Crippen LogP contribution in [0.15, 0.2) is 53.7 Å². The van der Waals surface area contributed by atoms with E-state index >= 15 is 0 Å². The molecule has 2 N–H and O–H groups in total. The molecular formula is C24H24N6O4S. The predicted octanol–water partition coefficient (Wildman–Crippen LogP) is 2.10. The molecule has 0 saturated carbocycles. The van der Waals surface area contributed by atoms with Crippen molar-refractivity contribution in [2.45, 2.75) is 30.5 Å². The van der Waals surface area contributed by atoms with Gasteiger partial charge in [-0.3, -0.25) is 19.5 Å². The van der Waals surface area contributed by atoms with Crippen LogP contribution < -0.4 is 20.3 Å². The van der Waals surface area contributed by atoms with Crippen LogP contribution in [0.25, 0.3) is 5.69 Å². The second-order valence-electron chi connectivity index (χ2n) is 8.28. The predicted molar refractivity (Wildman–Crippen MR) is 130 cm³/mol. The molecule has 0 radical (unpaired) electrons. The molecule has 11 heteroatoms. The van der Waals surface area contributed by atoms with Gasteiger partial charge in [-0.25, -0.2) is 4.79 Å². The fourth-order valence-electron chi connectivity index (χ4n) is 4.35. The molecular weight excluding hydrogens is 468 g/mol. The van der Waals surface area contributed by atoms with Crippen LogP contribution in [-0.4, -0.2) is 58.1 Å². The van der Waals surface area contributed by atoms with Crippen molar-refractivity contribution in [1.29, 1.82) is 0 Å². The maximum Gasteiger partial charge on any atom is 0.321 e. The Morgan fingerprint density at radius 2 is 2.03 bits per heavy atom. The maximum absolute atomic E-state index is 13.1. The number of anilines is 1. The van der Waals surface area contributed by atoms with Crippen LogP contribution in [0, 0.1) is 0 Å². The summed E-state index contributed by atoms with van der Waals surface area (Å²) in [4.78, 5) is 38.5. The molecule has 5 rings (SSSR count). The van der Waals surface area contributed by atoms with Crippen LogP contribution in [0.1, 0.15) is 17.8 Å². The highest BCUT2D eigenvalue weighted by Crippen LogP contribution is 2.30. The largest absolute Gasteiger partial charge is 0.497 e. The highest BCUT2D eigenvalue weighted by Gasteiger charge is 2.28. The van der Waals surface area contributed by atoms with Crippen LogP contribution in [0.4, 0.5) is 10.5 Å². The van der Waals surface area contributed by atoms with Gasteiger partial charge in [-0.15, -0.1) is 10.2 Å². The van der Waals surface area contributed by atoms with Crippen molar-refractivity contribution >= 4 is 35.3 Å². The van der Waals surface area contributed by atoms with Gasteiger partial charge in [0.25, 0.3) is 0 Å². The topological polar surface area (TPSA) is 118 Å². The minimum Gasteiger partial charge on any atom is -0.497 e.